The number of nitrogens with one attached hydrogen (secondary N) is 1. The molecule has 0 aliphatic carbocycles. The van der Waals surface area contributed by atoms with Crippen molar-refractivity contribution in [2.75, 3.05) is 6.67 Å². The van der Waals surface area contributed by atoms with Gasteiger partial charge in [-0.1, -0.05) is 0 Å². The van der Waals surface area contributed by atoms with E-state index < -0.39 is 0 Å². The maximum Gasteiger partial charge on any atom is 0.228 e. The van der Waals surface area contributed by atoms with Gasteiger partial charge >= 0.3 is 0 Å². The third-order valence-corrected chi connectivity index (χ3v) is 0.709. The molecule has 0 aromatic rings. The summed E-state index contributed by atoms with van der Waals surface area (Å²) in [7, 11) is 0. The second kappa shape index (κ2) is 4.03. The standard InChI is InChI=1S/C5H10N2O2/c1-4(8)2-5(9)7-3-6/h2-3,6H2,1H3,(H,7,9). The van der Waals surface area contributed by atoms with E-state index in [1.807, 2.05) is 0 Å². The van der Waals surface area contributed by atoms with Crippen LogP contribution in [0.5, 0.6) is 0 Å². The average molecular weight is 130 g/mol. The van der Waals surface area contributed by atoms with Crippen molar-refractivity contribution in [3.8, 4) is 0 Å². The summed E-state index contributed by atoms with van der Waals surface area (Å²) in [4.78, 5) is 20.7. The molecule has 0 unspecified atom stereocenters. The van der Waals surface area contributed by atoms with Crippen molar-refractivity contribution in [2.24, 2.45) is 5.73 Å². The van der Waals surface area contributed by atoms with Gasteiger partial charge in [-0.2, -0.15) is 0 Å². The van der Waals surface area contributed by atoms with Gasteiger partial charge in [0.1, 0.15) is 5.78 Å². The number of ketones is 1. The van der Waals surface area contributed by atoms with Crippen LogP contribution in [0.4, 0.5) is 0 Å². The molecule has 1 amide bonds. The number of nitrogens with two attached hydrogens (primary N) is 1. The molecule has 0 saturated carbocycles. The van der Waals surface area contributed by atoms with Crippen LogP contribution in [0.25, 0.3) is 0 Å². The highest BCUT2D eigenvalue weighted by atomic mass is 16.2. The summed E-state index contributed by atoms with van der Waals surface area (Å²) in [5.74, 6) is -0.467. The molecule has 52 valence electrons. The van der Waals surface area contributed by atoms with E-state index in [-0.39, 0.29) is 24.8 Å². The molecule has 0 aromatic carbocycles. The van der Waals surface area contributed by atoms with Crippen LogP contribution in [-0.2, 0) is 9.59 Å². The summed E-state index contributed by atoms with van der Waals surface area (Å²) in [5, 5.41) is 2.29. The van der Waals surface area contributed by atoms with E-state index in [0.717, 1.165) is 0 Å². The summed E-state index contributed by atoms with van der Waals surface area (Å²) in [6.45, 7) is 1.45. The van der Waals surface area contributed by atoms with Crippen molar-refractivity contribution in [3.05, 3.63) is 0 Å². The van der Waals surface area contributed by atoms with E-state index in [0.29, 0.717) is 0 Å². The lowest BCUT2D eigenvalue weighted by Gasteiger charge is -1.96. The number of Topliss-reactive ketones (excluding diaryl/α,β-unsaturated/α-hetero) is 1. The smallest absolute Gasteiger partial charge is 0.228 e. The van der Waals surface area contributed by atoms with E-state index in [9.17, 15) is 9.59 Å². The van der Waals surface area contributed by atoms with Gasteiger partial charge in [0.15, 0.2) is 0 Å². The Morgan fingerprint density at radius 1 is 1.56 bits per heavy atom. The van der Waals surface area contributed by atoms with Crippen molar-refractivity contribution >= 4 is 11.7 Å². The predicted octanol–water partition coefficient (Wildman–Crippen LogP) is -1.00. The molecule has 3 N–H and O–H groups in total. The number of hydrogen-bond acceptors (Lipinski definition) is 3. The first kappa shape index (κ1) is 8.10. The lowest BCUT2D eigenvalue weighted by molar-refractivity contribution is -0.127. The largest absolute Gasteiger partial charge is 0.343 e. The van der Waals surface area contributed by atoms with Crippen molar-refractivity contribution in [1.29, 1.82) is 0 Å². The van der Waals surface area contributed by atoms with Crippen molar-refractivity contribution in [1.82, 2.24) is 5.32 Å². The summed E-state index contributed by atoms with van der Waals surface area (Å²) in [6.07, 6.45) is -0.0722. The Morgan fingerprint density at radius 2 is 2.11 bits per heavy atom. The van der Waals surface area contributed by atoms with Gasteiger partial charge in [0.05, 0.1) is 13.1 Å². The summed E-state index contributed by atoms with van der Waals surface area (Å²) < 4.78 is 0. The summed E-state index contributed by atoms with van der Waals surface area (Å²) in [5.41, 5.74) is 4.96. The normalized spacial score (nSPS) is 8.67. The van der Waals surface area contributed by atoms with Crippen LogP contribution in [0.2, 0.25) is 0 Å². The molecule has 0 atom stereocenters. The fourth-order valence-electron chi connectivity index (χ4n) is 0.402. The molecule has 0 aliphatic rings. The molecule has 0 radical (unpaired) electrons. The Kier molecular flexibility index (Phi) is 3.62. The zero-order valence-corrected chi connectivity index (χ0v) is 5.31. The minimum atomic E-state index is -0.315. The Bertz CT molecular complexity index is 122. The molecule has 0 aliphatic heterocycles. The Morgan fingerprint density at radius 3 is 2.44 bits per heavy atom. The van der Waals surface area contributed by atoms with Crippen molar-refractivity contribution < 1.29 is 9.59 Å². The first-order valence-corrected chi connectivity index (χ1v) is 2.63. The van der Waals surface area contributed by atoms with Gasteiger partial charge in [0.25, 0.3) is 0 Å². The fraction of sp³-hybridized carbons (Fsp3) is 0.600. The molecular weight excluding hydrogens is 120 g/mol. The minimum absolute atomic E-state index is 0.0722. The van der Waals surface area contributed by atoms with E-state index in [4.69, 9.17) is 5.73 Å². The molecule has 4 nitrogen and oxygen atoms in total. The van der Waals surface area contributed by atoms with Crippen LogP contribution in [0.15, 0.2) is 0 Å². The zero-order chi connectivity index (χ0) is 7.28. The molecular formula is C5H10N2O2. The van der Waals surface area contributed by atoms with E-state index in [2.05, 4.69) is 5.32 Å². The van der Waals surface area contributed by atoms with Gasteiger partial charge in [-0.15, -0.1) is 0 Å². The average Bonchev–Trinajstić information content (AvgIpc) is 1.63. The van der Waals surface area contributed by atoms with Crippen molar-refractivity contribution in [2.45, 2.75) is 13.3 Å². The lowest BCUT2D eigenvalue weighted by atomic mass is 10.3. The molecule has 0 heterocycles. The molecule has 0 bridgehead atoms. The summed E-state index contributed by atoms with van der Waals surface area (Å²) in [6, 6.07) is 0. The first-order chi connectivity index (χ1) is 4.16. The van der Waals surface area contributed by atoms with Crippen molar-refractivity contribution in [3.63, 3.8) is 0 Å². The van der Waals surface area contributed by atoms with Gasteiger partial charge in [-0.3, -0.25) is 9.59 Å². The van der Waals surface area contributed by atoms with Crippen LogP contribution < -0.4 is 11.1 Å². The number of carbonyl (C=O) groups is 2. The Hall–Kier alpha value is -0.900. The van der Waals surface area contributed by atoms with E-state index >= 15 is 0 Å². The SMILES string of the molecule is CC(=O)CC(=O)NCN. The van der Waals surface area contributed by atoms with Gasteiger partial charge < -0.3 is 11.1 Å². The molecule has 0 saturated heterocycles. The van der Waals surface area contributed by atoms with Crippen LogP contribution in [-0.4, -0.2) is 18.4 Å². The topological polar surface area (TPSA) is 72.2 Å². The molecule has 4 heteroatoms. The lowest BCUT2D eigenvalue weighted by Crippen LogP contribution is -2.30. The molecule has 0 spiro atoms. The monoisotopic (exact) mass is 130 g/mol. The first-order valence-electron chi connectivity index (χ1n) is 2.63. The number of rotatable bonds is 3. The van der Waals surface area contributed by atoms with Crippen LogP contribution in [0.1, 0.15) is 13.3 Å². The fourth-order valence-corrected chi connectivity index (χ4v) is 0.402. The third-order valence-electron chi connectivity index (χ3n) is 0.709. The maximum atomic E-state index is 10.4. The van der Waals surface area contributed by atoms with Gasteiger partial charge in [-0.05, 0) is 6.92 Å². The minimum Gasteiger partial charge on any atom is -0.343 e. The van der Waals surface area contributed by atoms with Gasteiger partial charge in [0, 0.05) is 0 Å². The predicted molar refractivity (Wildman–Crippen MR) is 32.5 cm³/mol. The maximum absolute atomic E-state index is 10.4. The van der Waals surface area contributed by atoms with E-state index in [1.165, 1.54) is 6.92 Å². The second-order valence-corrected chi connectivity index (χ2v) is 1.68. The molecule has 0 rings (SSSR count). The number of hydrogen-bond donors (Lipinski definition) is 2. The molecule has 9 heavy (non-hydrogen) atoms. The van der Waals surface area contributed by atoms with Crippen LogP contribution in [0, 0.1) is 0 Å². The second-order valence-electron chi connectivity index (χ2n) is 1.68. The highest BCUT2D eigenvalue weighted by Crippen LogP contribution is 1.78. The van der Waals surface area contributed by atoms with E-state index in [1.54, 1.807) is 0 Å². The third kappa shape index (κ3) is 4.96. The molecule has 0 fully saturated rings. The highest BCUT2D eigenvalue weighted by molar-refractivity contribution is 5.96. The zero-order valence-electron chi connectivity index (χ0n) is 5.31. The van der Waals surface area contributed by atoms with Gasteiger partial charge in [0.2, 0.25) is 5.91 Å². The van der Waals surface area contributed by atoms with Crippen LogP contribution >= 0.6 is 0 Å². The quantitative estimate of drug-likeness (QED) is 0.380. The van der Waals surface area contributed by atoms with Gasteiger partial charge in [-0.25, -0.2) is 0 Å². The summed E-state index contributed by atoms with van der Waals surface area (Å²) >= 11 is 0. The Balaban J connectivity index is 3.39. The molecule has 0 aromatic heterocycles. The van der Waals surface area contributed by atoms with Crippen LogP contribution in [0.3, 0.4) is 0 Å². The highest BCUT2D eigenvalue weighted by Gasteiger charge is 2.01. The number of amides is 1. The number of carbonyl (C=O) groups excluding carboxylic acids is 2. The Labute approximate surface area is 53.4 Å².